The van der Waals surface area contributed by atoms with E-state index in [4.69, 9.17) is 9.05 Å². The number of nitrogens with zero attached hydrogens (tertiary/aromatic N) is 1. The molecular weight excluding hydrogens is 289 g/mol. The quantitative estimate of drug-likeness (QED) is 0.534. The normalized spacial score (nSPS) is 30.4. The average molecular weight is 321 g/mol. The van der Waals surface area contributed by atoms with Crippen LogP contribution in [0.25, 0.3) is 0 Å². The van der Waals surface area contributed by atoms with Crippen LogP contribution in [0.1, 0.15) is 40.0 Å². The zero-order valence-electron chi connectivity index (χ0n) is 14.4. The first-order chi connectivity index (χ1) is 9.50. The Balaban J connectivity index is 2.56. The van der Waals surface area contributed by atoms with E-state index < -0.39 is 7.82 Å². The number of rotatable bonds is 7. The molecule has 1 aliphatic rings. The SMILES string of the molecule is CC1CCC(C(C)C)C(OP(=O)([O-])OCC[N+](C)(C)C)C1. The van der Waals surface area contributed by atoms with Crippen molar-refractivity contribution in [2.75, 3.05) is 34.3 Å². The van der Waals surface area contributed by atoms with Gasteiger partial charge in [0.1, 0.15) is 13.2 Å². The molecule has 21 heavy (non-hydrogen) atoms. The maximum Gasteiger partial charge on any atom is 0.268 e. The van der Waals surface area contributed by atoms with Gasteiger partial charge in [-0.1, -0.05) is 27.2 Å². The second-order valence-corrected chi connectivity index (χ2v) is 9.13. The molecule has 0 aromatic carbocycles. The van der Waals surface area contributed by atoms with E-state index in [-0.39, 0.29) is 12.7 Å². The summed E-state index contributed by atoms with van der Waals surface area (Å²) >= 11 is 0. The van der Waals surface area contributed by atoms with E-state index in [2.05, 4.69) is 20.8 Å². The molecule has 0 aliphatic heterocycles. The van der Waals surface area contributed by atoms with Crippen LogP contribution in [0.15, 0.2) is 0 Å². The second-order valence-electron chi connectivity index (χ2n) is 7.76. The lowest BCUT2D eigenvalue weighted by atomic mass is 9.75. The molecule has 4 atom stereocenters. The van der Waals surface area contributed by atoms with Gasteiger partial charge < -0.3 is 18.4 Å². The monoisotopic (exact) mass is 321 g/mol. The summed E-state index contributed by atoms with van der Waals surface area (Å²) in [5, 5.41) is 0. The Morgan fingerprint density at radius 3 is 2.43 bits per heavy atom. The minimum atomic E-state index is -4.21. The molecule has 1 rings (SSSR count). The molecule has 1 aliphatic carbocycles. The van der Waals surface area contributed by atoms with Gasteiger partial charge in [0.2, 0.25) is 0 Å². The highest BCUT2D eigenvalue weighted by Crippen LogP contribution is 2.46. The molecule has 5 nitrogen and oxygen atoms in total. The molecule has 0 bridgehead atoms. The zero-order valence-corrected chi connectivity index (χ0v) is 15.3. The third-order valence-electron chi connectivity index (χ3n) is 4.24. The Bertz CT molecular complexity index is 367. The first-order valence-corrected chi connectivity index (χ1v) is 9.40. The Kier molecular flexibility index (Phi) is 6.88. The summed E-state index contributed by atoms with van der Waals surface area (Å²) in [6.07, 6.45) is 2.74. The molecule has 0 heterocycles. The fourth-order valence-corrected chi connectivity index (χ4v) is 3.80. The zero-order chi connectivity index (χ0) is 16.3. The van der Waals surface area contributed by atoms with E-state index in [9.17, 15) is 9.46 Å². The van der Waals surface area contributed by atoms with Gasteiger partial charge in [-0.2, -0.15) is 0 Å². The lowest BCUT2D eigenvalue weighted by Gasteiger charge is -2.40. The maximum atomic E-state index is 12.0. The van der Waals surface area contributed by atoms with Crippen molar-refractivity contribution in [3.63, 3.8) is 0 Å². The molecule has 0 amide bonds. The summed E-state index contributed by atoms with van der Waals surface area (Å²) in [6, 6.07) is 0. The Labute approximate surface area is 129 Å². The van der Waals surface area contributed by atoms with E-state index in [0.717, 1.165) is 19.3 Å². The van der Waals surface area contributed by atoms with Crippen molar-refractivity contribution in [2.24, 2.45) is 17.8 Å². The maximum absolute atomic E-state index is 12.0. The van der Waals surface area contributed by atoms with Crippen molar-refractivity contribution in [2.45, 2.75) is 46.1 Å². The van der Waals surface area contributed by atoms with Crippen LogP contribution in [0.4, 0.5) is 0 Å². The van der Waals surface area contributed by atoms with Crippen LogP contribution < -0.4 is 4.89 Å². The van der Waals surface area contributed by atoms with E-state index >= 15 is 0 Å². The summed E-state index contributed by atoms with van der Waals surface area (Å²) in [6.45, 7) is 7.21. The molecule has 0 aromatic rings. The van der Waals surface area contributed by atoms with Gasteiger partial charge in [-0.25, -0.2) is 0 Å². The van der Waals surface area contributed by atoms with Gasteiger partial charge in [-0.15, -0.1) is 0 Å². The van der Waals surface area contributed by atoms with Crippen molar-refractivity contribution in [3.05, 3.63) is 0 Å². The highest BCUT2D eigenvalue weighted by Gasteiger charge is 2.34. The number of quaternary nitrogens is 1. The predicted molar refractivity (Wildman–Crippen MR) is 82.7 cm³/mol. The first kappa shape index (κ1) is 19.1. The summed E-state index contributed by atoms with van der Waals surface area (Å²) < 4.78 is 23.1. The Morgan fingerprint density at radius 1 is 1.29 bits per heavy atom. The van der Waals surface area contributed by atoms with E-state index in [1.54, 1.807) is 0 Å². The third kappa shape index (κ3) is 7.25. The van der Waals surface area contributed by atoms with Crippen molar-refractivity contribution in [3.8, 4) is 0 Å². The smallest absolute Gasteiger partial charge is 0.268 e. The Morgan fingerprint density at radius 2 is 1.90 bits per heavy atom. The summed E-state index contributed by atoms with van der Waals surface area (Å²) in [5.41, 5.74) is 0. The van der Waals surface area contributed by atoms with Crippen molar-refractivity contribution in [1.29, 1.82) is 0 Å². The number of hydrogen-bond acceptors (Lipinski definition) is 4. The van der Waals surface area contributed by atoms with Gasteiger partial charge in [0.05, 0.1) is 27.2 Å². The summed E-state index contributed by atoms with van der Waals surface area (Å²) in [5.74, 6) is 1.23. The minimum Gasteiger partial charge on any atom is -0.756 e. The van der Waals surface area contributed by atoms with Crippen LogP contribution in [0.5, 0.6) is 0 Å². The lowest BCUT2D eigenvalue weighted by molar-refractivity contribution is -0.870. The molecule has 4 unspecified atom stereocenters. The molecule has 0 saturated heterocycles. The fraction of sp³-hybridized carbons (Fsp3) is 1.00. The number of likely N-dealkylation sites (N-methyl/N-ethyl adjacent to an activating group) is 1. The van der Waals surface area contributed by atoms with E-state index in [1.165, 1.54) is 0 Å². The van der Waals surface area contributed by atoms with Crippen molar-refractivity contribution >= 4 is 7.82 Å². The molecule has 1 saturated carbocycles. The van der Waals surface area contributed by atoms with Gasteiger partial charge in [-0.3, -0.25) is 4.57 Å². The minimum absolute atomic E-state index is 0.166. The molecule has 0 N–H and O–H groups in total. The topological polar surface area (TPSA) is 58.6 Å². The van der Waals surface area contributed by atoms with E-state index in [1.807, 2.05) is 21.1 Å². The van der Waals surface area contributed by atoms with Crippen LogP contribution in [-0.4, -0.2) is 44.9 Å². The Hall–Kier alpha value is 0.0700. The van der Waals surface area contributed by atoms with Gasteiger partial charge in [0.25, 0.3) is 7.82 Å². The number of hydrogen-bond donors (Lipinski definition) is 0. The molecule has 126 valence electrons. The molecule has 0 spiro atoms. The van der Waals surface area contributed by atoms with Crippen LogP contribution >= 0.6 is 7.82 Å². The van der Waals surface area contributed by atoms with Crippen molar-refractivity contribution < 1.29 is 23.0 Å². The van der Waals surface area contributed by atoms with Crippen LogP contribution in [0, 0.1) is 17.8 Å². The second kappa shape index (κ2) is 7.56. The largest absolute Gasteiger partial charge is 0.756 e. The summed E-state index contributed by atoms with van der Waals surface area (Å²) in [7, 11) is 1.78. The molecule has 0 aromatic heterocycles. The molecular formula is C15H32NO4P. The lowest BCUT2D eigenvalue weighted by Crippen LogP contribution is -2.38. The standard InChI is InChI=1S/C15H32NO4P/c1-12(2)14-8-7-13(3)11-15(14)20-21(17,18)19-10-9-16(4,5)6/h12-15H,7-11H2,1-6H3. The average Bonchev–Trinajstić information content (AvgIpc) is 2.25. The molecule has 0 radical (unpaired) electrons. The van der Waals surface area contributed by atoms with Crippen LogP contribution in [-0.2, 0) is 13.6 Å². The van der Waals surface area contributed by atoms with E-state index in [0.29, 0.717) is 28.8 Å². The van der Waals surface area contributed by atoms with Crippen LogP contribution in [0.3, 0.4) is 0 Å². The highest BCUT2D eigenvalue weighted by molar-refractivity contribution is 7.45. The van der Waals surface area contributed by atoms with Crippen molar-refractivity contribution in [1.82, 2.24) is 0 Å². The van der Waals surface area contributed by atoms with Gasteiger partial charge in [-0.05, 0) is 30.6 Å². The van der Waals surface area contributed by atoms with Gasteiger partial charge in [0.15, 0.2) is 0 Å². The third-order valence-corrected chi connectivity index (χ3v) is 5.27. The van der Waals surface area contributed by atoms with Gasteiger partial charge >= 0.3 is 0 Å². The van der Waals surface area contributed by atoms with Gasteiger partial charge in [0, 0.05) is 0 Å². The number of phosphoric ester groups is 1. The number of phosphoric acid groups is 1. The first-order valence-electron chi connectivity index (χ1n) is 7.94. The highest BCUT2D eigenvalue weighted by atomic mass is 31.2. The predicted octanol–water partition coefficient (Wildman–Crippen LogP) is 2.66. The summed E-state index contributed by atoms with van der Waals surface area (Å²) in [4.78, 5) is 12.0. The molecule has 1 fully saturated rings. The van der Waals surface area contributed by atoms with Crippen LogP contribution in [0.2, 0.25) is 0 Å². The molecule has 6 heteroatoms. The fourth-order valence-electron chi connectivity index (χ4n) is 2.86.